The molecule has 6 heteroatoms. The number of rotatable bonds is 6. The summed E-state index contributed by atoms with van der Waals surface area (Å²) >= 11 is 5.45. The summed E-state index contributed by atoms with van der Waals surface area (Å²) in [6, 6.07) is 78.4. The molecule has 0 amide bonds. The molecule has 0 spiro atoms. The molecule has 340 valence electrons. The van der Waals surface area contributed by atoms with E-state index in [1.54, 1.807) is 0 Å². The minimum atomic E-state index is 0.632. The van der Waals surface area contributed by atoms with E-state index in [2.05, 4.69) is 229 Å². The zero-order chi connectivity index (χ0) is 48.3. The average molecular weight is 982 g/mol. The molecule has 0 unspecified atom stereocenters. The lowest BCUT2D eigenvalue weighted by atomic mass is 9.74. The summed E-state index contributed by atoms with van der Waals surface area (Å²) < 4.78 is 9.67. The second-order valence-electron chi connectivity index (χ2n) is 18.8. The molecular weight excluding hydrogens is 943 g/mol. The zero-order valence-corrected chi connectivity index (χ0v) is 41.8. The first-order valence-electron chi connectivity index (χ1n) is 24.5. The van der Waals surface area contributed by atoms with Crippen LogP contribution in [0.15, 0.2) is 219 Å². The van der Waals surface area contributed by atoms with Crippen LogP contribution in [0.4, 0.5) is 0 Å². The number of fused-ring (bicyclic) bond motifs is 12. The lowest BCUT2D eigenvalue weighted by molar-refractivity contribution is 1.18. The minimum absolute atomic E-state index is 0.632. The Morgan fingerprint density at radius 1 is 0.384 bits per heavy atom. The molecule has 0 radical (unpaired) electrons. The summed E-state index contributed by atoms with van der Waals surface area (Å²) in [5, 5.41) is 21.9. The van der Waals surface area contributed by atoms with Gasteiger partial charge in [-0.05, 0) is 125 Å². The number of nitriles is 1. The number of hydrogen-bond acceptors (Lipinski definition) is 5. The van der Waals surface area contributed by atoms with Crippen LogP contribution in [0.3, 0.4) is 0 Å². The third-order valence-corrected chi connectivity index (χ3v) is 18.2. The average Bonchev–Trinajstić information content (AvgIpc) is 4.22. The fourth-order valence-electron chi connectivity index (χ4n) is 11.9. The smallest absolute Gasteiger partial charge is 0.100 e. The maximum atomic E-state index is 12.3. The number of hydrogen-bond donors (Lipinski definition) is 0. The second-order valence-corrected chi connectivity index (χ2v) is 22.1. The maximum absolute atomic E-state index is 12.3. The number of aryl methyl sites for hydroxylation is 1. The highest BCUT2D eigenvalue weighted by molar-refractivity contribution is 7.26. The molecule has 73 heavy (non-hydrogen) atoms. The second kappa shape index (κ2) is 16.4. The molecule has 0 aliphatic carbocycles. The summed E-state index contributed by atoms with van der Waals surface area (Å²) in [6.07, 6.45) is 3.73. The number of aromatic nitrogens is 2. The topological polar surface area (TPSA) is 41.6 Å². The van der Waals surface area contributed by atoms with Crippen molar-refractivity contribution in [1.29, 1.82) is 5.26 Å². The van der Waals surface area contributed by atoms with Crippen LogP contribution in [-0.2, 0) is 0 Å². The Labute approximate surface area is 432 Å². The molecule has 15 aromatic rings. The van der Waals surface area contributed by atoms with Gasteiger partial charge in [-0.3, -0.25) is 4.98 Å². The molecule has 15 rings (SSSR count). The fourth-order valence-corrected chi connectivity index (χ4v) is 15.3. The Morgan fingerprint density at radius 2 is 0.836 bits per heavy atom. The largest absolute Gasteiger partial charge is 0.309 e. The molecule has 0 aliphatic heterocycles. The minimum Gasteiger partial charge on any atom is -0.309 e. The van der Waals surface area contributed by atoms with E-state index in [4.69, 9.17) is 0 Å². The van der Waals surface area contributed by atoms with Gasteiger partial charge in [-0.25, -0.2) is 0 Å². The number of nitrogens with zero attached hydrogens (tertiary/aromatic N) is 3. The van der Waals surface area contributed by atoms with Gasteiger partial charge in [0.1, 0.15) is 6.07 Å². The van der Waals surface area contributed by atoms with Crippen LogP contribution in [0.1, 0.15) is 11.1 Å². The molecule has 0 bridgehead atoms. The quantitative estimate of drug-likeness (QED) is 0.167. The molecule has 10 aromatic carbocycles. The van der Waals surface area contributed by atoms with Crippen LogP contribution in [0.5, 0.6) is 0 Å². The van der Waals surface area contributed by atoms with Crippen LogP contribution in [-0.4, -0.2) is 9.55 Å². The summed E-state index contributed by atoms with van der Waals surface area (Å²) in [5.74, 6) is 0. The maximum Gasteiger partial charge on any atom is 0.100 e. The molecule has 0 saturated carbocycles. The van der Waals surface area contributed by atoms with E-state index < -0.39 is 0 Å². The van der Waals surface area contributed by atoms with Crippen LogP contribution >= 0.6 is 34.0 Å². The molecule has 0 aliphatic rings. The number of para-hydroxylation sites is 1. The third kappa shape index (κ3) is 6.30. The lowest BCUT2D eigenvalue weighted by Crippen LogP contribution is -2.03. The number of pyridine rings is 1. The highest BCUT2D eigenvalue weighted by Crippen LogP contribution is 2.58. The Hall–Kier alpha value is -8.70. The molecule has 0 saturated heterocycles. The summed E-state index contributed by atoms with van der Waals surface area (Å²) in [4.78, 5) is 4.56. The van der Waals surface area contributed by atoms with E-state index in [-0.39, 0.29) is 0 Å². The van der Waals surface area contributed by atoms with Gasteiger partial charge in [0.05, 0.1) is 16.6 Å². The molecule has 5 aromatic heterocycles. The van der Waals surface area contributed by atoms with Crippen molar-refractivity contribution in [3.63, 3.8) is 0 Å². The van der Waals surface area contributed by atoms with Gasteiger partial charge in [0, 0.05) is 106 Å². The molecule has 0 N–H and O–H groups in total. The van der Waals surface area contributed by atoms with Crippen LogP contribution < -0.4 is 0 Å². The van der Waals surface area contributed by atoms with Crippen molar-refractivity contribution in [3.8, 4) is 67.4 Å². The van der Waals surface area contributed by atoms with Crippen molar-refractivity contribution >= 4 is 116 Å². The Morgan fingerprint density at radius 3 is 1.38 bits per heavy atom. The zero-order valence-electron chi connectivity index (χ0n) is 39.4. The van der Waals surface area contributed by atoms with Crippen molar-refractivity contribution in [2.45, 2.75) is 6.92 Å². The van der Waals surface area contributed by atoms with Gasteiger partial charge in [0.25, 0.3) is 0 Å². The summed E-state index contributed by atoms with van der Waals surface area (Å²) in [6.45, 7) is 2.17. The van der Waals surface area contributed by atoms with Crippen molar-refractivity contribution in [2.75, 3.05) is 0 Å². The lowest BCUT2D eigenvalue weighted by Gasteiger charge is -2.27. The van der Waals surface area contributed by atoms with E-state index in [9.17, 15) is 5.26 Å². The van der Waals surface area contributed by atoms with E-state index in [0.717, 1.165) is 66.7 Å². The molecule has 5 heterocycles. The normalized spacial score (nSPS) is 11.9. The third-order valence-electron chi connectivity index (χ3n) is 14.8. The fraction of sp³-hybridized carbons (Fsp3) is 0.0149. The van der Waals surface area contributed by atoms with Crippen molar-refractivity contribution in [1.82, 2.24) is 9.55 Å². The highest BCUT2D eigenvalue weighted by atomic mass is 32.1. The van der Waals surface area contributed by atoms with Gasteiger partial charge in [-0.1, -0.05) is 133 Å². The van der Waals surface area contributed by atoms with E-state index >= 15 is 0 Å². The molecule has 0 fully saturated rings. The van der Waals surface area contributed by atoms with Crippen molar-refractivity contribution in [2.24, 2.45) is 0 Å². The predicted molar refractivity (Wildman–Crippen MR) is 314 cm³/mol. The van der Waals surface area contributed by atoms with Crippen LogP contribution in [0, 0.1) is 18.3 Å². The van der Waals surface area contributed by atoms with E-state index in [1.165, 1.54) is 82.5 Å². The summed E-state index contributed by atoms with van der Waals surface area (Å²) in [5.41, 5.74) is 15.5. The van der Waals surface area contributed by atoms with Crippen molar-refractivity contribution < 1.29 is 0 Å². The van der Waals surface area contributed by atoms with E-state index in [1.807, 2.05) is 46.4 Å². The Balaban J connectivity index is 1.18. The van der Waals surface area contributed by atoms with Gasteiger partial charge in [0.2, 0.25) is 0 Å². The standard InChI is InChI=1S/C67H39N3S3/c1-39-27-32-53-50(37-39)43-13-2-6-20-52(43)70(53)42-30-28-40(29-31-42)61-66(48-18-11-25-58-63(48)45-15-4-8-22-55(45)72-58)60(41-33-35-69-36-34-41)51(38-68)65(47-17-10-24-57-62(47)44-14-3-7-21-54(44)71-57)67(61)49-19-12-26-59-64(49)46-16-5-9-23-56(46)73-59/h2-37H,1H3. The SMILES string of the molecule is Cc1ccc2c(c1)c1ccccc1n2-c1ccc(-c2c(-c3cccc4sc5ccccc5c34)c(-c3ccncc3)c(C#N)c(-c3cccc4sc5ccccc5c34)c2-c2cccc3sc4ccccc4c23)cc1. The first-order valence-corrected chi connectivity index (χ1v) is 26.9. The first kappa shape index (κ1) is 42.0. The molecule has 0 atom stereocenters. The predicted octanol–water partition coefficient (Wildman–Crippen LogP) is 19.8. The molecule has 3 nitrogen and oxygen atoms in total. The van der Waals surface area contributed by atoms with E-state index in [0.29, 0.717) is 5.56 Å². The van der Waals surface area contributed by atoms with Crippen LogP contribution in [0.2, 0.25) is 0 Å². The van der Waals surface area contributed by atoms with Crippen LogP contribution in [0.25, 0.3) is 144 Å². The highest BCUT2D eigenvalue weighted by Gasteiger charge is 2.32. The first-order chi connectivity index (χ1) is 36.1. The number of thiophene rings is 3. The number of benzene rings is 10. The monoisotopic (exact) mass is 981 g/mol. The molecular formula is C67H39N3S3. The van der Waals surface area contributed by atoms with Gasteiger partial charge in [-0.2, -0.15) is 5.26 Å². The van der Waals surface area contributed by atoms with Gasteiger partial charge >= 0.3 is 0 Å². The van der Waals surface area contributed by atoms with Crippen molar-refractivity contribution in [3.05, 3.63) is 230 Å². The van der Waals surface area contributed by atoms with Gasteiger partial charge in [-0.15, -0.1) is 34.0 Å². The Bertz CT molecular complexity index is 4810. The Kier molecular flexibility index (Phi) is 9.46. The van der Waals surface area contributed by atoms with Gasteiger partial charge < -0.3 is 4.57 Å². The van der Waals surface area contributed by atoms with Gasteiger partial charge in [0.15, 0.2) is 0 Å². The summed E-state index contributed by atoms with van der Waals surface area (Å²) in [7, 11) is 0.